The van der Waals surface area contributed by atoms with Crippen LogP contribution in [0.3, 0.4) is 0 Å². The average molecular weight is 200 g/mol. The Morgan fingerprint density at radius 1 is 0.643 bits per heavy atom. The van der Waals surface area contributed by atoms with Crippen LogP contribution in [0.2, 0.25) is 0 Å². The van der Waals surface area contributed by atoms with Gasteiger partial charge in [-0.15, -0.1) is 9.81 Å². The van der Waals surface area contributed by atoms with Crippen LogP contribution in [0.1, 0.15) is 25.7 Å². The van der Waals surface area contributed by atoms with Gasteiger partial charge in [0.2, 0.25) is 0 Å². The molecule has 2 aliphatic rings. The molecule has 2 saturated heterocycles. The van der Waals surface area contributed by atoms with E-state index in [0.29, 0.717) is 0 Å². The highest BCUT2D eigenvalue weighted by atomic mass is 16.3. The second kappa shape index (κ2) is 6.28. The fourth-order valence-electron chi connectivity index (χ4n) is 1.56. The SMILES string of the molecule is O=NN1CCCC1.O=NN1CCCC1. The van der Waals surface area contributed by atoms with E-state index in [2.05, 4.69) is 10.6 Å². The van der Waals surface area contributed by atoms with Crippen LogP contribution in [0.4, 0.5) is 0 Å². The molecule has 0 aromatic heterocycles. The molecule has 0 bridgehead atoms. The number of nitroso groups, excluding NO2 is 2. The molecule has 6 heteroatoms. The van der Waals surface area contributed by atoms with Gasteiger partial charge in [0, 0.05) is 26.2 Å². The smallest absolute Gasteiger partial charge is 0.0523 e. The van der Waals surface area contributed by atoms with Crippen molar-refractivity contribution >= 4 is 0 Å². The van der Waals surface area contributed by atoms with E-state index in [9.17, 15) is 9.81 Å². The molecule has 80 valence electrons. The molecule has 2 fully saturated rings. The Balaban J connectivity index is 0.000000140. The number of rotatable bonds is 2. The van der Waals surface area contributed by atoms with Gasteiger partial charge in [-0.25, -0.2) is 0 Å². The first-order valence-corrected chi connectivity index (χ1v) is 5.03. The van der Waals surface area contributed by atoms with E-state index in [-0.39, 0.29) is 0 Å². The van der Waals surface area contributed by atoms with Crippen molar-refractivity contribution < 1.29 is 0 Å². The number of hydrogen-bond acceptors (Lipinski definition) is 4. The van der Waals surface area contributed by atoms with E-state index in [1.165, 1.54) is 0 Å². The predicted molar refractivity (Wildman–Crippen MR) is 53.2 cm³/mol. The zero-order valence-electron chi connectivity index (χ0n) is 8.26. The fraction of sp³-hybridized carbons (Fsp3) is 1.00. The molecule has 0 unspecified atom stereocenters. The Bertz CT molecular complexity index is 156. The van der Waals surface area contributed by atoms with Crippen LogP contribution in [-0.2, 0) is 0 Å². The third-order valence-electron chi connectivity index (χ3n) is 2.40. The maximum atomic E-state index is 9.68. The maximum Gasteiger partial charge on any atom is 0.0523 e. The summed E-state index contributed by atoms with van der Waals surface area (Å²) >= 11 is 0. The van der Waals surface area contributed by atoms with Crippen LogP contribution in [0.5, 0.6) is 0 Å². The summed E-state index contributed by atoms with van der Waals surface area (Å²) in [5.74, 6) is 0. The van der Waals surface area contributed by atoms with E-state index >= 15 is 0 Å². The molecule has 0 radical (unpaired) electrons. The summed E-state index contributed by atoms with van der Waals surface area (Å²) in [6, 6.07) is 0. The summed E-state index contributed by atoms with van der Waals surface area (Å²) < 4.78 is 0. The molecule has 2 aliphatic heterocycles. The van der Waals surface area contributed by atoms with Crippen molar-refractivity contribution in [2.24, 2.45) is 10.6 Å². The average Bonchev–Trinajstić information content (AvgIpc) is 2.92. The van der Waals surface area contributed by atoms with E-state index in [4.69, 9.17) is 0 Å². The number of nitrogens with zero attached hydrogens (tertiary/aromatic N) is 4. The lowest BCUT2D eigenvalue weighted by Gasteiger charge is -2.00. The van der Waals surface area contributed by atoms with Gasteiger partial charge in [-0.1, -0.05) is 0 Å². The fourth-order valence-corrected chi connectivity index (χ4v) is 1.56. The van der Waals surface area contributed by atoms with E-state index in [1.807, 2.05) is 0 Å². The quantitative estimate of drug-likeness (QED) is 0.634. The second-order valence-corrected chi connectivity index (χ2v) is 3.48. The molecule has 0 aromatic rings. The first kappa shape index (κ1) is 10.9. The zero-order chi connectivity index (χ0) is 10.2. The summed E-state index contributed by atoms with van der Waals surface area (Å²) in [7, 11) is 0. The normalized spacial score (nSPS) is 20.3. The Morgan fingerprint density at radius 2 is 0.929 bits per heavy atom. The minimum atomic E-state index is 0.865. The summed E-state index contributed by atoms with van der Waals surface area (Å²) in [4.78, 5) is 19.4. The molecule has 0 spiro atoms. The molecular formula is C8H16N4O2. The van der Waals surface area contributed by atoms with Gasteiger partial charge in [0.25, 0.3) is 0 Å². The van der Waals surface area contributed by atoms with Gasteiger partial charge < -0.3 is 0 Å². The molecule has 2 heterocycles. The van der Waals surface area contributed by atoms with E-state index in [1.54, 1.807) is 10.0 Å². The molecule has 0 N–H and O–H groups in total. The van der Waals surface area contributed by atoms with Crippen LogP contribution < -0.4 is 0 Å². The zero-order valence-corrected chi connectivity index (χ0v) is 8.26. The van der Waals surface area contributed by atoms with Crippen molar-refractivity contribution in [1.82, 2.24) is 10.0 Å². The van der Waals surface area contributed by atoms with Gasteiger partial charge in [-0.2, -0.15) is 0 Å². The minimum absolute atomic E-state index is 0.865. The van der Waals surface area contributed by atoms with Crippen LogP contribution in [0.15, 0.2) is 10.6 Å². The Morgan fingerprint density at radius 3 is 1.07 bits per heavy atom. The topological polar surface area (TPSA) is 65.3 Å². The third-order valence-corrected chi connectivity index (χ3v) is 2.40. The van der Waals surface area contributed by atoms with Crippen LogP contribution in [0, 0.1) is 9.81 Å². The highest BCUT2D eigenvalue weighted by Crippen LogP contribution is 2.06. The first-order valence-electron chi connectivity index (χ1n) is 5.03. The summed E-state index contributed by atoms with van der Waals surface area (Å²) in [6.07, 6.45) is 4.52. The monoisotopic (exact) mass is 200 g/mol. The highest BCUT2D eigenvalue weighted by Gasteiger charge is 2.08. The molecule has 0 amide bonds. The molecule has 0 aliphatic carbocycles. The van der Waals surface area contributed by atoms with Crippen molar-refractivity contribution in [3.63, 3.8) is 0 Å². The molecule has 0 aromatic carbocycles. The molecule has 2 rings (SSSR count). The summed E-state index contributed by atoms with van der Waals surface area (Å²) in [6.45, 7) is 3.46. The standard InChI is InChI=1S/2C4H8N2O/c2*7-5-6-3-1-2-4-6/h2*1-4H2. The largest absolute Gasteiger partial charge is 0.261 e. The Hall–Kier alpha value is -1.20. The van der Waals surface area contributed by atoms with Crippen molar-refractivity contribution in [2.45, 2.75) is 25.7 Å². The van der Waals surface area contributed by atoms with Crippen LogP contribution in [-0.4, -0.2) is 36.2 Å². The third kappa shape index (κ3) is 3.68. The van der Waals surface area contributed by atoms with Crippen molar-refractivity contribution in [3.8, 4) is 0 Å². The van der Waals surface area contributed by atoms with Gasteiger partial charge >= 0.3 is 0 Å². The van der Waals surface area contributed by atoms with Crippen molar-refractivity contribution in [2.75, 3.05) is 26.2 Å². The second-order valence-electron chi connectivity index (χ2n) is 3.48. The Kier molecular flexibility index (Phi) is 4.88. The first-order chi connectivity index (χ1) is 6.86. The predicted octanol–water partition coefficient (Wildman–Crippen LogP) is 1.53. The minimum Gasteiger partial charge on any atom is -0.261 e. The van der Waals surface area contributed by atoms with Crippen LogP contribution in [0.25, 0.3) is 0 Å². The van der Waals surface area contributed by atoms with Gasteiger partial charge in [0.15, 0.2) is 0 Å². The summed E-state index contributed by atoms with van der Waals surface area (Å²) in [5.41, 5.74) is 0. The van der Waals surface area contributed by atoms with Gasteiger partial charge in [0.1, 0.15) is 0 Å². The molecular weight excluding hydrogens is 184 g/mol. The van der Waals surface area contributed by atoms with E-state index in [0.717, 1.165) is 51.9 Å². The van der Waals surface area contributed by atoms with Gasteiger partial charge in [0.05, 0.1) is 10.6 Å². The summed E-state index contributed by atoms with van der Waals surface area (Å²) in [5, 5.41) is 8.65. The molecule has 0 saturated carbocycles. The lowest BCUT2D eigenvalue weighted by atomic mass is 10.4. The highest BCUT2D eigenvalue weighted by molar-refractivity contribution is 4.60. The lowest BCUT2D eigenvalue weighted by molar-refractivity contribution is 0.355. The molecule has 14 heavy (non-hydrogen) atoms. The molecule has 6 nitrogen and oxygen atoms in total. The van der Waals surface area contributed by atoms with Gasteiger partial charge in [-0.3, -0.25) is 10.0 Å². The van der Waals surface area contributed by atoms with Crippen molar-refractivity contribution in [1.29, 1.82) is 0 Å². The number of hydrogen-bond donors (Lipinski definition) is 0. The molecule has 0 atom stereocenters. The van der Waals surface area contributed by atoms with Gasteiger partial charge in [-0.05, 0) is 25.7 Å². The van der Waals surface area contributed by atoms with Crippen LogP contribution >= 0.6 is 0 Å². The Labute approximate surface area is 83.1 Å². The van der Waals surface area contributed by atoms with E-state index < -0.39 is 0 Å². The lowest BCUT2D eigenvalue weighted by Crippen LogP contribution is -2.08. The maximum absolute atomic E-state index is 9.68. The van der Waals surface area contributed by atoms with Crippen molar-refractivity contribution in [3.05, 3.63) is 9.81 Å².